The summed E-state index contributed by atoms with van der Waals surface area (Å²) in [5, 5.41) is 12.1. The first-order valence-electron chi connectivity index (χ1n) is 6.50. The summed E-state index contributed by atoms with van der Waals surface area (Å²) in [6.07, 6.45) is 1.57. The van der Waals surface area contributed by atoms with Gasteiger partial charge in [-0.2, -0.15) is 5.26 Å². The van der Waals surface area contributed by atoms with Crippen LogP contribution in [0, 0.1) is 11.3 Å². The zero-order valence-electron chi connectivity index (χ0n) is 11.8. The fourth-order valence-electron chi connectivity index (χ4n) is 1.72. The highest BCUT2D eigenvalue weighted by molar-refractivity contribution is 7.99. The molecule has 0 fully saturated rings. The average Bonchev–Trinajstić information content (AvgIpc) is 2.55. The van der Waals surface area contributed by atoms with E-state index in [9.17, 15) is 4.79 Å². The molecule has 0 radical (unpaired) electrons. The van der Waals surface area contributed by atoms with Crippen LogP contribution >= 0.6 is 23.4 Å². The predicted octanol–water partition coefficient (Wildman–Crippen LogP) is 4.14. The second-order valence-corrected chi connectivity index (χ2v) is 5.96. The number of benzene rings is 2. The molecule has 0 spiro atoms. The average molecular weight is 329 g/mol. The van der Waals surface area contributed by atoms with Crippen LogP contribution in [0.3, 0.4) is 0 Å². The van der Waals surface area contributed by atoms with Gasteiger partial charge in [0.1, 0.15) is 11.6 Å². The summed E-state index contributed by atoms with van der Waals surface area (Å²) in [7, 11) is 1.50. The smallest absolute Gasteiger partial charge is 0.261 e. The molecule has 1 amide bonds. The van der Waals surface area contributed by atoms with E-state index in [4.69, 9.17) is 16.9 Å². The molecule has 2 aromatic carbocycles. The van der Waals surface area contributed by atoms with E-state index in [0.717, 1.165) is 15.4 Å². The van der Waals surface area contributed by atoms with Crippen LogP contribution in [0.2, 0.25) is 5.02 Å². The quantitative estimate of drug-likeness (QED) is 0.677. The van der Waals surface area contributed by atoms with Crippen molar-refractivity contribution in [2.75, 3.05) is 7.05 Å². The molecule has 0 atom stereocenters. The van der Waals surface area contributed by atoms with E-state index in [2.05, 4.69) is 5.32 Å². The van der Waals surface area contributed by atoms with Crippen molar-refractivity contribution in [3.05, 3.63) is 64.7 Å². The molecule has 2 aromatic rings. The SMILES string of the molecule is CNC(=O)/C(C#N)=C\c1ccc(Sc2ccc(Cl)cc2)cc1. The number of hydrogen-bond donors (Lipinski definition) is 1. The number of hydrogen-bond acceptors (Lipinski definition) is 3. The summed E-state index contributed by atoms with van der Waals surface area (Å²) >= 11 is 7.48. The Morgan fingerprint density at radius 2 is 1.68 bits per heavy atom. The van der Waals surface area contributed by atoms with Crippen molar-refractivity contribution in [3.63, 3.8) is 0 Å². The number of nitrogens with one attached hydrogen (secondary N) is 1. The molecule has 1 N–H and O–H groups in total. The summed E-state index contributed by atoms with van der Waals surface area (Å²) in [6, 6.07) is 17.2. The number of amides is 1. The molecule has 110 valence electrons. The Labute approximate surface area is 138 Å². The van der Waals surface area contributed by atoms with E-state index < -0.39 is 0 Å². The van der Waals surface area contributed by atoms with E-state index in [0.29, 0.717) is 5.02 Å². The lowest BCUT2D eigenvalue weighted by Gasteiger charge is -2.03. The third-order valence-corrected chi connectivity index (χ3v) is 4.10. The van der Waals surface area contributed by atoms with Crippen LogP contribution in [0.5, 0.6) is 0 Å². The van der Waals surface area contributed by atoms with E-state index in [-0.39, 0.29) is 11.5 Å². The lowest BCUT2D eigenvalue weighted by Crippen LogP contribution is -2.19. The first-order chi connectivity index (χ1) is 10.6. The highest BCUT2D eigenvalue weighted by atomic mass is 35.5. The van der Waals surface area contributed by atoms with E-state index in [1.54, 1.807) is 17.8 Å². The first kappa shape index (κ1) is 16.2. The van der Waals surface area contributed by atoms with E-state index in [1.807, 2.05) is 54.6 Å². The van der Waals surface area contributed by atoms with Gasteiger partial charge in [-0.3, -0.25) is 4.79 Å². The molecular weight excluding hydrogens is 316 g/mol. The van der Waals surface area contributed by atoms with Gasteiger partial charge in [0.2, 0.25) is 0 Å². The minimum absolute atomic E-state index is 0.0839. The third kappa shape index (κ3) is 4.39. The summed E-state index contributed by atoms with van der Waals surface area (Å²) < 4.78 is 0. The second kappa shape index (κ2) is 7.69. The minimum Gasteiger partial charge on any atom is -0.354 e. The highest BCUT2D eigenvalue weighted by Gasteiger charge is 2.06. The van der Waals surface area contributed by atoms with Crippen LogP contribution in [0.4, 0.5) is 0 Å². The van der Waals surface area contributed by atoms with Gasteiger partial charge in [-0.15, -0.1) is 0 Å². The number of likely N-dealkylation sites (N-methyl/N-ethyl adjacent to an activating group) is 1. The van der Waals surface area contributed by atoms with Gasteiger partial charge in [-0.1, -0.05) is 35.5 Å². The molecule has 2 rings (SSSR count). The van der Waals surface area contributed by atoms with Crippen molar-refractivity contribution in [1.82, 2.24) is 5.32 Å². The number of halogens is 1. The van der Waals surface area contributed by atoms with Crippen LogP contribution in [0.25, 0.3) is 6.08 Å². The standard InChI is InChI=1S/C17H13ClN2OS/c1-20-17(21)13(11-19)10-12-2-6-15(7-3-12)22-16-8-4-14(18)5-9-16/h2-10H,1H3,(H,20,21)/b13-10-. The number of nitriles is 1. The predicted molar refractivity (Wildman–Crippen MR) is 89.7 cm³/mol. The zero-order chi connectivity index (χ0) is 15.9. The largest absolute Gasteiger partial charge is 0.354 e. The molecule has 0 unspecified atom stereocenters. The lowest BCUT2D eigenvalue weighted by atomic mass is 10.1. The third-order valence-electron chi connectivity index (χ3n) is 2.83. The van der Waals surface area contributed by atoms with Gasteiger partial charge in [0, 0.05) is 21.9 Å². The fraction of sp³-hybridized carbons (Fsp3) is 0.0588. The van der Waals surface area contributed by atoms with Crippen molar-refractivity contribution < 1.29 is 4.79 Å². The number of rotatable bonds is 4. The molecule has 0 saturated carbocycles. The van der Waals surface area contributed by atoms with E-state index in [1.165, 1.54) is 7.05 Å². The Bertz CT molecular complexity index is 731. The monoisotopic (exact) mass is 328 g/mol. The second-order valence-electron chi connectivity index (χ2n) is 4.37. The molecule has 0 heterocycles. The molecule has 3 nitrogen and oxygen atoms in total. The molecule has 0 saturated heterocycles. The van der Waals surface area contributed by atoms with Gasteiger partial charge in [0.05, 0.1) is 0 Å². The van der Waals surface area contributed by atoms with Crippen molar-refractivity contribution in [2.45, 2.75) is 9.79 Å². The van der Waals surface area contributed by atoms with Gasteiger partial charge in [0.25, 0.3) is 5.91 Å². The molecule has 0 aliphatic rings. The Balaban J connectivity index is 2.13. The van der Waals surface area contributed by atoms with Gasteiger partial charge in [-0.25, -0.2) is 0 Å². The van der Waals surface area contributed by atoms with Crippen LogP contribution < -0.4 is 5.32 Å². The zero-order valence-corrected chi connectivity index (χ0v) is 13.4. The molecule has 0 aliphatic heterocycles. The topological polar surface area (TPSA) is 52.9 Å². The maximum Gasteiger partial charge on any atom is 0.261 e. The van der Waals surface area contributed by atoms with Gasteiger partial charge in [0.15, 0.2) is 0 Å². The number of carbonyl (C=O) groups is 1. The normalized spacial score (nSPS) is 10.9. The van der Waals surface area contributed by atoms with E-state index >= 15 is 0 Å². The Morgan fingerprint density at radius 1 is 1.14 bits per heavy atom. The molecule has 5 heteroatoms. The molecule has 0 aromatic heterocycles. The van der Waals surface area contributed by atoms with Crippen LogP contribution in [0.15, 0.2) is 63.9 Å². The first-order valence-corrected chi connectivity index (χ1v) is 7.69. The van der Waals surface area contributed by atoms with Crippen LogP contribution in [-0.2, 0) is 4.79 Å². The molecule has 0 aliphatic carbocycles. The van der Waals surface area contributed by atoms with Gasteiger partial charge in [-0.05, 0) is 48.0 Å². The summed E-state index contributed by atoms with van der Waals surface area (Å²) in [6.45, 7) is 0. The Morgan fingerprint density at radius 3 is 2.18 bits per heavy atom. The van der Waals surface area contributed by atoms with Gasteiger partial charge < -0.3 is 5.32 Å². The number of nitrogens with zero attached hydrogens (tertiary/aromatic N) is 1. The van der Waals surface area contributed by atoms with Crippen molar-refractivity contribution >= 4 is 35.3 Å². The summed E-state index contributed by atoms with van der Waals surface area (Å²) in [5.74, 6) is -0.387. The Hall–Kier alpha value is -2.22. The lowest BCUT2D eigenvalue weighted by molar-refractivity contribution is -0.116. The van der Waals surface area contributed by atoms with Crippen molar-refractivity contribution in [3.8, 4) is 6.07 Å². The maximum absolute atomic E-state index is 11.5. The minimum atomic E-state index is -0.387. The molecular formula is C17H13ClN2OS. The van der Waals surface area contributed by atoms with Crippen LogP contribution in [-0.4, -0.2) is 13.0 Å². The van der Waals surface area contributed by atoms with Crippen LogP contribution in [0.1, 0.15) is 5.56 Å². The maximum atomic E-state index is 11.5. The fourth-order valence-corrected chi connectivity index (χ4v) is 2.66. The molecule has 22 heavy (non-hydrogen) atoms. The summed E-state index contributed by atoms with van der Waals surface area (Å²) in [5.41, 5.74) is 0.890. The summed E-state index contributed by atoms with van der Waals surface area (Å²) in [4.78, 5) is 13.6. The Kier molecular flexibility index (Phi) is 5.65. The molecule has 0 bridgehead atoms. The number of carbonyl (C=O) groups excluding carboxylic acids is 1. The van der Waals surface area contributed by atoms with Gasteiger partial charge >= 0.3 is 0 Å². The van der Waals surface area contributed by atoms with Crippen molar-refractivity contribution in [2.24, 2.45) is 0 Å². The van der Waals surface area contributed by atoms with Crippen molar-refractivity contribution in [1.29, 1.82) is 5.26 Å². The highest BCUT2D eigenvalue weighted by Crippen LogP contribution is 2.28.